The Morgan fingerprint density at radius 3 is 2.40 bits per heavy atom. The number of aliphatic hydroxyl groups is 2. The maximum Gasteiger partial charge on any atom is 0.0805 e. The lowest BCUT2D eigenvalue weighted by molar-refractivity contribution is 0.290. The molecular weight excluding hydrogens is 252 g/mol. The summed E-state index contributed by atoms with van der Waals surface area (Å²) in [6, 6.07) is 8.27. The molecule has 0 aliphatic heterocycles. The number of hydrogen-bond donors (Lipinski definition) is 3. The molecule has 0 saturated heterocycles. The molecule has 20 heavy (non-hydrogen) atoms. The van der Waals surface area contributed by atoms with Crippen molar-refractivity contribution in [2.45, 2.75) is 32.6 Å². The van der Waals surface area contributed by atoms with Gasteiger partial charge in [0, 0.05) is 26.3 Å². The molecule has 4 heteroatoms. The Kier molecular flexibility index (Phi) is 7.92. The molecule has 0 saturated carbocycles. The summed E-state index contributed by atoms with van der Waals surface area (Å²) in [7, 11) is 0. The number of anilines is 1. The molecule has 0 aliphatic rings. The van der Waals surface area contributed by atoms with Crippen molar-refractivity contribution in [1.82, 2.24) is 0 Å². The molecule has 1 rings (SSSR count). The monoisotopic (exact) mass is 278 g/mol. The maximum atomic E-state index is 8.86. The first-order valence-corrected chi connectivity index (χ1v) is 7.29. The molecule has 0 amide bonds. The van der Waals surface area contributed by atoms with Crippen LogP contribution in [0.2, 0.25) is 0 Å². The van der Waals surface area contributed by atoms with Crippen molar-refractivity contribution in [3.63, 3.8) is 0 Å². The molecule has 0 radical (unpaired) electrons. The highest BCUT2D eigenvalue weighted by Gasteiger charge is 1.99. The first kappa shape index (κ1) is 16.7. The Hall–Kier alpha value is -1.39. The molecule has 0 bridgehead atoms. The Balaban J connectivity index is 3.02. The van der Waals surface area contributed by atoms with Crippen LogP contribution in [0, 0.1) is 0 Å². The predicted octanol–water partition coefficient (Wildman–Crippen LogP) is 1.89. The number of nitrogens with zero attached hydrogens (tertiary/aromatic N) is 1. The molecule has 4 nitrogen and oxygen atoms in total. The fraction of sp³-hybridized carbons (Fsp3) is 0.562. The normalized spacial score (nSPS) is 11.9. The van der Waals surface area contributed by atoms with Gasteiger partial charge < -0.3 is 15.5 Å². The zero-order valence-corrected chi connectivity index (χ0v) is 12.5. The minimum absolute atomic E-state index is 0.160. The molecule has 0 atom stereocenters. The summed E-state index contributed by atoms with van der Waals surface area (Å²) in [5.74, 6) is 0.470. The van der Waals surface area contributed by atoms with Crippen LogP contribution < -0.4 is 10.7 Å². The van der Waals surface area contributed by atoms with Gasteiger partial charge in [-0.05, 0) is 36.5 Å². The molecule has 1 aromatic carbocycles. The first-order chi connectivity index (χ1) is 9.69. The van der Waals surface area contributed by atoms with Gasteiger partial charge in [0.25, 0.3) is 0 Å². The van der Waals surface area contributed by atoms with E-state index in [0.29, 0.717) is 25.3 Å². The Morgan fingerprint density at radius 1 is 1.05 bits per heavy atom. The van der Waals surface area contributed by atoms with Crippen molar-refractivity contribution in [3.8, 4) is 0 Å². The van der Waals surface area contributed by atoms with Crippen molar-refractivity contribution < 1.29 is 10.2 Å². The van der Waals surface area contributed by atoms with Crippen LogP contribution in [0.3, 0.4) is 0 Å². The largest absolute Gasteiger partial charge is 0.396 e. The van der Waals surface area contributed by atoms with E-state index in [4.69, 9.17) is 10.2 Å². The van der Waals surface area contributed by atoms with Crippen LogP contribution in [0.1, 0.15) is 38.2 Å². The summed E-state index contributed by atoms with van der Waals surface area (Å²) in [5, 5.41) is 21.9. The molecule has 0 spiro atoms. The minimum atomic E-state index is 0.160. The maximum absolute atomic E-state index is 8.86. The predicted molar refractivity (Wildman–Crippen MR) is 82.9 cm³/mol. The third kappa shape index (κ3) is 5.72. The van der Waals surface area contributed by atoms with E-state index in [1.165, 1.54) is 5.56 Å². The van der Waals surface area contributed by atoms with Crippen LogP contribution in [0.5, 0.6) is 0 Å². The second-order valence-electron chi connectivity index (χ2n) is 5.08. The van der Waals surface area contributed by atoms with Crippen LogP contribution >= 0.6 is 0 Å². The highest BCUT2D eigenvalue weighted by molar-refractivity contribution is 5.43. The van der Waals surface area contributed by atoms with Gasteiger partial charge in [0.15, 0.2) is 0 Å². The van der Waals surface area contributed by atoms with Crippen LogP contribution in [-0.2, 0) is 0 Å². The van der Waals surface area contributed by atoms with Crippen molar-refractivity contribution in [2.75, 3.05) is 31.6 Å². The molecular formula is C16H26N2O2. The molecule has 1 aromatic rings. The fourth-order valence-corrected chi connectivity index (χ4v) is 1.83. The molecule has 0 aliphatic carbocycles. The van der Waals surface area contributed by atoms with Crippen molar-refractivity contribution in [3.05, 3.63) is 35.2 Å². The van der Waals surface area contributed by atoms with Gasteiger partial charge in [0.2, 0.25) is 0 Å². The first-order valence-electron chi connectivity index (χ1n) is 7.29. The molecule has 0 aromatic heterocycles. The number of nitrogens with one attached hydrogen (secondary N) is 1. The van der Waals surface area contributed by atoms with Crippen molar-refractivity contribution >= 4 is 5.69 Å². The highest BCUT2D eigenvalue weighted by atomic mass is 16.3. The quantitative estimate of drug-likeness (QED) is 0.636. The summed E-state index contributed by atoms with van der Waals surface area (Å²) in [4.78, 5) is 4.53. The molecule has 3 N–H and O–H groups in total. The number of hydrogen-bond acceptors (Lipinski definition) is 4. The zero-order valence-electron chi connectivity index (χ0n) is 12.5. The topological polar surface area (TPSA) is 64.8 Å². The van der Waals surface area contributed by atoms with E-state index in [1.54, 1.807) is 0 Å². The van der Waals surface area contributed by atoms with E-state index in [9.17, 15) is 0 Å². The Morgan fingerprint density at radius 2 is 1.75 bits per heavy atom. The number of aliphatic hydroxyl groups excluding tert-OH is 2. The van der Waals surface area contributed by atoms with Crippen molar-refractivity contribution in [2.24, 2.45) is 4.99 Å². The van der Waals surface area contributed by atoms with Crippen LogP contribution in [-0.4, -0.2) is 36.5 Å². The minimum Gasteiger partial charge on any atom is -0.396 e. The lowest BCUT2D eigenvalue weighted by atomic mass is 10.1. The van der Waals surface area contributed by atoms with E-state index in [2.05, 4.69) is 36.3 Å². The fourth-order valence-electron chi connectivity index (χ4n) is 1.83. The van der Waals surface area contributed by atoms with Gasteiger partial charge >= 0.3 is 0 Å². The van der Waals surface area contributed by atoms with Gasteiger partial charge in [-0.2, -0.15) is 0 Å². The zero-order chi connectivity index (χ0) is 14.8. The molecule has 0 heterocycles. The van der Waals surface area contributed by atoms with E-state index in [-0.39, 0.29) is 13.2 Å². The lowest BCUT2D eigenvalue weighted by Crippen LogP contribution is -2.12. The van der Waals surface area contributed by atoms with E-state index < -0.39 is 0 Å². The van der Waals surface area contributed by atoms with Gasteiger partial charge in [-0.25, -0.2) is 0 Å². The third-order valence-electron chi connectivity index (χ3n) is 3.07. The van der Waals surface area contributed by atoms with Crippen LogP contribution in [0.25, 0.3) is 0 Å². The standard InChI is InChI=1S/C16H26N2O2/c1-13(2)14-5-7-15(17-9-3-11-19)16(8-6-14)18-10-4-12-20/h5-8,13,19-20H,3-4,9-12H2,1-2H3,(H,17,18). The van der Waals surface area contributed by atoms with Gasteiger partial charge in [0.05, 0.1) is 11.0 Å². The summed E-state index contributed by atoms with van der Waals surface area (Å²) in [6.45, 7) is 6.01. The summed E-state index contributed by atoms with van der Waals surface area (Å²) >= 11 is 0. The SMILES string of the molecule is CC(C)c1ccc(NCCCO)c(=NCCCO)cc1. The van der Waals surface area contributed by atoms with Gasteiger partial charge in [-0.1, -0.05) is 26.0 Å². The van der Waals surface area contributed by atoms with E-state index in [0.717, 1.165) is 17.6 Å². The van der Waals surface area contributed by atoms with Gasteiger partial charge in [-0.3, -0.25) is 4.99 Å². The Labute approximate surface area is 121 Å². The summed E-state index contributed by atoms with van der Waals surface area (Å²) in [6.07, 6.45) is 1.39. The van der Waals surface area contributed by atoms with E-state index in [1.807, 2.05) is 12.1 Å². The highest BCUT2D eigenvalue weighted by Crippen LogP contribution is 2.13. The van der Waals surface area contributed by atoms with Crippen LogP contribution in [0.4, 0.5) is 5.69 Å². The third-order valence-corrected chi connectivity index (χ3v) is 3.07. The second kappa shape index (κ2) is 9.50. The van der Waals surface area contributed by atoms with Gasteiger partial charge in [0.1, 0.15) is 0 Å². The summed E-state index contributed by atoms with van der Waals surface area (Å²) < 4.78 is 0. The van der Waals surface area contributed by atoms with E-state index >= 15 is 0 Å². The van der Waals surface area contributed by atoms with Crippen molar-refractivity contribution in [1.29, 1.82) is 0 Å². The Bertz CT molecular complexity index is 459. The average molecular weight is 278 g/mol. The molecule has 0 fully saturated rings. The smallest absolute Gasteiger partial charge is 0.0805 e. The molecule has 112 valence electrons. The number of rotatable bonds is 8. The van der Waals surface area contributed by atoms with Crippen LogP contribution in [0.15, 0.2) is 29.3 Å². The van der Waals surface area contributed by atoms with Gasteiger partial charge in [-0.15, -0.1) is 0 Å². The second-order valence-corrected chi connectivity index (χ2v) is 5.08. The summed E-state index contributed by atoms with van der Waals surface area (Å²) in [5.41, 5.74) is 2.24. The molecule has 0 unspecified atom stereocenters. The lowest BCUT2D eigenvalue weighted by Gasteiger charge is -2.03. The average Bonchev–Trinajstić information content (AvgIpc) is 2.63.